The minimum absolute atomic E-state index is 0.570. The lowest BCUT2D eigenvalue weighted by Gasteiger charge is -2.47. The first-order chi connectivity index (χ1) is 6.80. The smallest absolute Gasteiger partial charge is 0.0941 e. The summed E-state index contributed by atoms with van der Waals surface area (Å²) in [6, 6.07) is 0. The Morgan fingerprint density at radius 3 is 1.93 bits per heavy atom. The van der Waals surface area contributed by atoms with Gasteiger partial charge in [0.15, 0.2) is 0 Å². The maximum atomic E-state index is 2.57. The van der Waals surface area contributed by atoms with E-state index >= 15 is 0 Å². The summed E-state index contributed by atoms with van der Waals surface area (Å²) >= 11 is 0. The van der Waals surface area contributed by atoms with E-state index in [9.17, 15) is 0 Å². The molecule has 2 fully saturated rings. The summed E-state index contributed by atoms with van der Waals surface area (Å²) < 4.78 is 1.46. The van der Waals surface area contributed by atoms with Crippen molar-refractivity contribution in [2.45, 2.75) is 63.8 Å². The van der Waals surface area contributed by atoms with Crippen LogP contribution in [0, 0.1) is 0 Å². The van der Waals surface area contributed by atoms with E-state index in [2.05, 4.69) is 33.5 Å². The summed E-state index contributed by atoms with van der Waals surface area (Å²) in [7, 11) is -0.969. The van der Waals surface area contributed by atoms with Crippen molar-refractivity contribution in [3.8, 4) is 0 Å². The van der Waals surface area contributed by atoms with E-state index in [-0.39, 0.29) is 0 Å². The molecule has 0 aromatic carbocycles. The van der Waals surface area contributed by atoms with E-state index in [4.69, 9.17) is 0 Å². The fourth-order valence-electron chi connectivity index (χ4n) is 4.58. The molecule has 1 atom stereocenters. The normalized spacial score (nSPS) is 33.8. The molecule has 1 unspecified atom stereocenters. The molecule has 2 heterocycles. The van der Waals surface area contributed by atoms with Gasteiger partial charge in [-0.1, -0.05) is 19.6 Å². The molecule has 0 aromatic rings. The van der Waals surface area contributed by atoms with Crippen LogP contribution in [0.15, 0.2) is 0 Å². The van der Waals surface area contributed by atoms with Crippen molar-refractivity contribution in [1.29, 1.82) is 0 Å². The zero-order valence-electron chi connectivity index (χ0n) is 11.3. The second kappa shape index (κ2) is 3.33. The molecular weight excluding hydrogens is 198 g/mol. The van der Waals surface area contributed by atoms with Gasteiger partial charge in [-0.25, -0.2) is 0 Å². The van der Waals surface area contributed by atoms with Crippen LogP contribution in [-0.4, -0.2) is 37.7 Å². The molecular formula is C13H28NSi+. The molecule has 0 radical (unpaired) electrons. The highest BCUT2D eigenvalue weighted by Crippen LogP contribution is 2.51. The molecule has 2 heteroatoms. The topological polar surface area (TPSA) is 0 Å². The molecule has 0 N–H and O–H groups in total. The van der Waals surface area contributed by atoms with Crippen LogP contribution in [0.4, 0.5) is 0 Å². The van der Waals surface area contributed by atoms with E-state index in [0.717, 1.165) is 5.54 Å². The standard InChI is InChI=1S/C13H28NSi/c1-13(2)12(15(3,4)5)8-11-14(13)9-6-7-10-14/h12H,6-11H2,1-5H3/q+1. The zero-order chi connectivity index (χ0) is 11.3. The minimum Gasteiger partial charge on any atom is -0.319 e. The van der Waals surface area contributed by atoms with Gasteiger partial charge in [-0.2, -0.15) is 0 Å². The Hall–Kier alpha value is 0.177. The van der Waals surface area contributed by atoms with Crippen LogP contribution in [0.5, 0.6) is 0 Å². The lowest BCUT2D eigenvalue weighted by atomic mass is 9.99. The summed E-state index contributed by atoms with van der Waals surface area (Å²) in [6.45, 7) is 17.2. The summed E-state index contributed by atoms with van der Waals surface area (Å²) in [6.07, 6.45) is 4.45. The highest BCUT2D eigenvalue weighted by atomic mass is 28.3. The van der Waals surface area contributed by atoms with E-state index in [1.165, 1.54) is 43.4 Å². The van der Waals surface area contributed by atoms with Crippen molar-refractivity contribution in [2.24, 2.45) is 0 Å². The van der Waals surface area contributed by atoms with Crippen LogP contribution in [0.3, 0.4) is 0 Å². The second-order valence-electron chi connectivity index (χ2n) is 7.38. The van der Waals surface area contributed by atoms with Crippen molar-refractivity contribution in [1.82, 2.24) is 0 Å². The van der Waals surface area contributed by atoms with Crippen molar-refractivity contribution in [2.75, 3.05) is 19.6 Å². The molecule has 15 heavy (non-hydrogen) atoms. The van der Waals surface area contributed by atoms with Crippen molar-refractivity contribution in [3.05, 3.63) is 0 Å². The Kier molecular flexibility index (Phi) is 2.59. The van der Waals surface area contributed by atoms with Crippen molar-refractivity contribution in [3.63, 3.8) is 0 Å². The van der Waals surface area contributed by atoms with Gasteiger partial charge in [0.05, 0.1) is 33.2 Å². The van der Waals surface area contributed by atoms with Gasteiger partial charge in [0, 0.05) is 24.8 Å². The van der Waals surface area contributed by atoms with E-state index < -0.39 is 8.07 Å². The summed E-state index contributed by atoms with van der Waals surface area (Å²) in [5.74, 6) is 0. The third kappa shape index (κ3) is 1.61. The number of hydrogen-bond acceptors (Lipinski definition) is 0. The minimum atomic E-state index is -0.969. The molecule has 2 aliphatic heterocycles. The van der Waals surface area contributed by atoms with Crippen LogP contribution in [0.1, 0.15) is 33.1 Å². The predicted molar refractivity (Wildman–Crippen MR) is 69.9 cm³/mol. The average Bonchev–Trinajstić information content (AvgIpc) is 2.59. The Labute approximate surface area is 96.5 Å². The van der Waals surface area contributed by atoms with E-state index in [1.54, 1.807) is 0 Å². The first-order valence-electron chi connectivity index (χ1n) is 6.66. The highest BCUT2D eigenvalue weighted by molar-refractivity contribution is 6.77. The lowest BCUT2D eigenvalue weighted by Crippen LogP contribution is -2.59. The van der Waals surface area contributed by atoms with Gasteiger partial charge in [0.1, 0.15) is 0 Å². The summed E-state index contributed by atoms with van der Waals surface area (Å²) in [5.41, 5.74) is 1.60. The number of quaternary nitrogens is 1. The Morgan fingerprint density at radius 1 is 1.00 bits per heavy atom. The second-order valence-corrected chi connectivity index (χ2v) is 12.8. The number of rotatable bonds is 1. The number of nitrogens with zero attached hydrogens (tertiary/aromatic N) is 1. The van der Waals surface area contributed by atoms with Gasteiger partial charge in [-0.15, -0.1) is 0 Å². The first kappa shape index (κ1) is 11.7. The largest absolute Gasteiger partial charge is 0.319 e. The van der Waals surface area contributed by atoms with Gasteiger partial charge in [-0.05, 0) is 13.8 Å². The van der Waals surface area contributed by atoms with Crippen LogP contribution in [0.25, 0.3) is 0 Å². The van der Waals surface area contributed by atoms with Gasteiger partial charge in [0.25, 0.3) is 0 Å². The van der Waals surface area contributed by atoms with Crippen LogP contribution in [-0.2, 0) is 0 Å². The molecule has 0 saturated carbocycles. The first-order valence-corrected chi connectivity index (χ1v) is 10.2. The summed E-state index contributed by atoms with van der Waals surface area (Å²) in [5, 5.41) is 0. The molecule has 0 aliphatic carbocycles. The SMILES string of the molecule is CC1(C)C([Si](C)(C)C)CC[N+]12CCCC2. The fourth-order valence-corrected chi connectivity index (χ4v) is 7.97. The molecule has 0 aromatic heterocycles. The predicted octanol–water partition coefficient (Wildman–Crippen LogP) is 3.49. The third-order valence-electron chi connectivity index (χ3n) is 5.39. The molecule has 0 amide bonds. The van der Waals surface area contributed by atoms with E-state index in [1.807, 2.05) is 0 Å². The molecule has 1 nitrogen and oxygen atoms in total. The van der Waals surface area contributed by atoms with E-state index in [0.29, 0.717) is 5.54 Å². The Bertz CT molecular complexity index is 246. The third-order valence-corrected chi connectivity index (χ3v) is 8.47. The van der Waals surface area contributed by atoms with Crippen molar-refractivity contribution < 1.29 is 4.48 Å². The van der Waals surface area contributed by atoms with Crippen LogP contribution < -0.4 is 0 Å². The Balaban J connectivity index is 2.28. The molecule has 2 rings (SSSR count). The lowest BCUT2D eigenvalue weighted by molar-refractivity contribution is -0.949. The average molecular weight is 226 g/mol. The van der Waals surface area contributed by atoms with Gasteiger partial charge >= 0.3 is 0 Å². The molecule has 2 saturated heterocycles. The molecule has 2 aliphatic rings. The molecule has 88 valence electrons. The quantitative estimate of drug-likeness (QED) is 0.474. The zero-order valence-corrected chi connectivity index (χ0v) is 12.3. The molecule has 0 bridgehead atoms. The monoisotopic (exact) mass is 226 g/mol. The van der Waals surface area contributed by atoms with Gasteiger partial charge < -0.3 is 4.48 Å². The van der Waals surface area contributed by atoms with Crippen LogP contribution >= 0.6 is 0 Å². The molecule has 1 spiro atoms. The maximum absolute atomic E-state index is 2.57. The maximum Gasteiger partial charge on any atom is 0.0941 e. The van der Waals surface area contributed by atoms with Crippen molar-refractivity contribution >= 4 is 8.07 Å². The Morgan fingerprint density at radius 2 is 1.53 bits per heavy atom. The fraction of sp³-hybridized carbons (Fsp3) is 1.00. The highest BCUT2D eigenvalue weighted by Gasteiger charge is 2.58. The number of hydrogen-bond donors (Lipinski definition) is 0. The van der Waals surface area contributed by atoms with Gasteiger partial charge in [-0.3, -0.25) is 0 Å². The van der Waals surface area contributed by atoms with Gasteiger partial charge in [0.2, 0.25) is 0 Å². The van der Waals surface area contributed by atoms with Crippen LogP contribution in [0.2, 0.25) is 25.2 Å². The summed E-state index contributed by atoms with van der Waals surface area (Å²) in [4.78, 5) is 0.